The van der Waals surface area contributed by atoms with Gasteiger partial charge in [0.05, 0.1) is 6.04 Å². The van der Waals surface area contributed by atoms with Crippen LogP contribution in [-0.2, 0) is 0 Å². The van der Waals surface area contributed by atoms with Gasteiger partial charge in [-0.2, -0.15) is 13.2 Å². The smallest absolute Gasteiger partial charge is 0.382 e. The van der Waals surface area contributed by atoms with Crippen molar-refractivity contribution in [2.24, 2.45) is 0 Å². The first kappa shape index (κ1) is 15.8. The van der Waals surface area contributed by atoms with Crippen molar-refractivity contribution < 1.29 is 23.1 Å². The van der Waals surface area contributed by atoms with Crippen molar-refractivity contribution in [3.05, 3.63) is 30.1 Å². The summed E-state index contributed by atoms with van der Waals surface area (Å²) in [4.78, 5) is 20.6. The number of likely N-dealkylation sites (tertiary alicyclic amines) is 1. The van der Waals surface area contributed by atoms with Gasteiger partial charge in [0, 0.05) is 18.1 Å². The Kier molecular flexibility index (Phi) is 4.01. The van der Waals surface area contributed by atoms with E-state index in [1.54, 1.807) is 24.4 Å². The van der Waals surface area contributed by atoms with Crippen LogP contribution in [0.2, 0.25) is 0 Å². The normalized spacial score (nSPS) is 20.7. The minimum atomic E-state index is -4.75. The Morgan fingerprint density at radius 2 is 2.22 bits per heavy atom. The second kappa shape index (κ2) is 5.84. The Labute approximate surface area is 130 Å². The number of aromatic nitrogens is 2. The molecule has 1 amide bonds. The van der Waals surface area contributed by atoms with Gasteiger partial charge in [0.2, 0.25) is 0 Å². The molecule has 2 unspecified atom stereocenters. The number of amides is 1. The first-order chi connectivity index (χ1) is 10.9. The SMILES string of the molecule is O=C(c1cc2cccnc2[nH]1)N1CCCCC1C(O)C(F)(F)F. The van der Waals surface area contributed by atoms with Gasteiger partial charge in [-0.3, -0.25) is 4.79 Å². The monoisotopic (exact) mass is 327 g/mol. The molecule has 1 aliphatic heterocycles. The summed E-state index contributed by atoms with van der Waals surface area (Å²) in [5, 5.41) is 10.3. The lowest BCUT2D eigenvalue weighted by Crippen LogP contribution is -2.54. The van der Waals surface area contributed by atoms with Crippen molar-refractivity contribution in [3.8, 4) is 0 Å². The van der Waals surface area contributed by atoms with Crippen molar-refractivity contribution >= 4 is 16.9 Å². The van der Waals surface area contributed by atoms with E-state index < -0.39 is 24.2 Å². The van der Waals surface area contributed by atoms with Gasteiger partial charge in [0.15, 0.2) is 6.10 Å². The van der Waals surface area contributed by atoms with Gasteiger partial charge < -0.3 is 15.0 Å². The van der Waals surface area contributed by atoms with Crippen molar-refractivity contribution in [3.63, 3.8) is 0 Å². The molecule has 1 fully saturated rings. The van der Waals surface area contributed by atoms with E-state index in [2.05, 4.69) is 9.97 Å². The predicted molar refractivity (Wildman–Crippen MR) is 76.8 cm³/mol. The van der Waals surface area contributed by atoms with E-state index in [4.69, 9.17) is 0 Å². The molecule has 3 rings (SSSR count). The summed E-state index contributed by atoms with van der Waals surface area (Å²) >= 11 is 0. The van der Waals surface area contributed by atoms with Crippen LogP contribution in [0.25, 0.3) is 11.0 Å². The Morgan fingerprint density at radius 3 is 2.91 bits per heavy atom. The third-order valence-corrected chi connectivity index (χ3v) is 4.13. The van der Waals surface area contributed by atoms with E-state index in [9.17, 15) is 23.1 Å². The molecule has 23 heavy (non-hydrogen) atoms. The highest BCUT2D eigenvalue weighted by Crippen LogP contribution is 2.31. The second-order valence-corrected chi connectivity index (χ2v) is 5.67. The number of hydrogen-bond acceptors (Lipinski definition) is 3. The predicted octanol–water partition coefficient (Wildman–Crippen LogP) is 2.48. The van der Waals surface area contributed by atoms with Crippen LogP contribution in [0.1, 0.15) is 29.8 Å². The van der Waals surface area contributed by atoms with Gasteiger partial charge in [0.25, 0.3) is 5.91 Å². The first-order valence-electron chi connectivity index (χ1n) is 7.37. The van der Waals surface area contributed by atoms with E-state index in [0.29, 0.717) is 23.9 Å². The molecule has 0 aliphatic carbocycles. The molecule has 2 N–H and O–H groups in total. The number of nitrogens with zero attached hydrogens (tertiary/aromatic N) is 2. The van der Waals surface area contributed by atoms with Gasteiger partial charge in [0.1, 0.15) is 11.3 Å². The number of piperidine rings is 1. The molecule has 2 atom stereocenters. The maximum atomic E-state index is 12.8. The highest BCUT2D eigenvalue weighted by molar-refractivity contribution is 5.97. The minimum absolute atomic E-state index is 0.130. The number of nitrogens with one attached hydrogen (secondary N) is 1. The number of carbonyl (C=O) groups excluding carboxylic acids is 1. The molecule has 0 bridgehead atoms. The summed E-state index contributed by atoms with van der Waals surface area (Å²) in [5.74, 6) is -0.545. The topological polar surface area (TPSA) is 69.2 Å². The molecule has 0 spiro atoms. The number of aromatic amines is 1. The van der Waals surface area contributed by atoms with Gasteiger partial charge in [-0.05, 0) is 37.5 Å². The molecule has 0 radical (unpaired) electrons. The summed E-state index contributed by atoms with van der Waals surface area (Å²) < 4.78 is 38.5. The van der Waals surface area contributed by atoms with Crippen LogP contribution >= 0.6 is 0 Å². The van der Waals surface area contributed by atoms with E-state index in [1.807, 2.05) is 0 Å². The fourth-order valence-corrected chi connectivity index (χ4v) is 2.98. The third kappa shape index (κ3) is 3.03. The lowest BCUT2D eigenvalue weighted by atomic mass is 9.96. The minimum Gasteiger partial charge on any atom is -0.382 e. The van der Waals surface area contributed by atoms with E-state index in [-0.39, 0.29) is 18.7 Å². The molecule has 0 saturated carbocycles. The summed E-state index contributed by atoms with van der Waals surface area (Å²) in [6.07, 6.45) is -4.42. The number of aliphatic hydroxyl groups is 1. The van der Waals surface area contributed by atoms with Crippen LogP contribution < -0.4 is 0 Å². The second-order valence-electron chi connectivity index (χ2n) is 5.67. The van der Waals surface area contributed by atoms with Crippen LogP contribution in [-0.4, -0.2) is 50.7 Å². The van der Waals surface area contributed by atoms with Crippen LogP contribution in [0.15, 0.2) is 24.4 Å². The fourth-order valence-electron chi connectivity index (χ4n) is 2.98. The molecule has 1 aliphatic rings. The number of aliphatic hydroxyl groups excluding tert-OH is 1. The average Bonchev–Trinajstić information content (AvgIpc) is 2.96. The highest BCUT2D eigenvalue weighted by atomic mass is 19.4. The molecule has 0 aromatic carbocycles. The van der Waals surface area contributed by atoms with Gasteiger partial charge in [-0.15, -0.1) is 0 Å². The quantitative estimate of drug-likeness (QED) is 0.890. The zero-order valence-corrected chi connectivity index (χ0v) is 12.2. The highest BCUT2D eigenvalue weighted by Gasteiger charge is 2.47. The first-order valence-corrected chi connectivity index (χ1v) is 7.37. The summed E-state index contributed by atoms with van der Waals surface area (Å²) in [5.41, 5.74) is 0.681. The van der Waals surface area contributed by atoms with Gasteiger partial charge in [-0.1, -0.05) is 0 Å². The number of carbonyl (C=O) groups is 1. The Hall–Kier alpha value is -2.09. The van der Waals surface area contributed by atoms with Crippen molar-refractivity contribution in [2.45, 2.75) is 37.6 Å². The average molecular weight is 327 g/mol. The lowest BCUT2D eigenvalue weighted by Gasteiger charge is -2.38. The molecule has 8 heteroatoms. The van der Waals surface area contributed by atoms with Crippen LogP contribution in [0.3, 0.4) is 0 Å². The fraction of sp³-hybridized carbons (Fsp3) is 0.467. The summed E-state index contributed by atoms with van der Waals surface area (Å²) in [7, 11) is 0. The largest absolute Gasteiger partial charge is 0.416 e. The molecule has 124 valence electrons. The van der Waals surface area contributed by atoms with Crippen molar-refractivity contribution in [1.82, 2.24) is 14.9 Å². The summed E-state index contributed by atoms with van der Waals surface area (Å²) in [6.45, 7) is 0.194. The number of pyridine rings is 1. The van der Waals surface area contributed by atoms with Crippen LogP contribution in [0.5, 0.6) is 0 Å². The maximum absolute atomic E-state index is 12.8. The Bertz CT molecular complexity index is 680. The van der Waals surface area contributed by atoms with Crippen molar-refractivity contribution in [1.29, 1.82) is 0 Å². The zero-order valence-electron chi connectivity index (χ0n) is 12.2. The number of fused-ring (bicyclic) bond motifs is 1. The molecule has 2 aromatic heterocycles. The van der Waals surface area contributed by atoms with E-state index in [0.717, 1.165) is 4.90 Å². The number of rotatable bonds is 2. The number of alkyl halides is 3. The molecular weight excluding hydrogens is 311 g/mol. The van der Waals surface area contributed by atoms with E-state index >= 15 is 0 Å². The third-order valence-electron chi connectivity index (χ3n) is 4.13. The van der Waals surface area contributed by atoms with Gasteiger partial charge in [-0.25, -0.2) is 4.98 Å². The van der Waals surface area contributed by atoms with Crippen molar-refractivity contribution in [2.75, 3.05) is 6.54 Å². The Balaban J connectivity index is 1.89. The zero-order chi connectivity index (χ0) is 16.6. The number of H-pyrrole nitrogens is 1. The Morgan fingerprint density at radius 1 is 1.43 bits per heavy atom. The maximum Gasteiger partial charge on any atom is 0.416 e. The standard InChI is InChI=1S/C15H16F3N3O2/c16-15(17,18)12(22)11-5-1-2-7-21(11)14(23)10-8-9-4-3-6-19-13(9)20-10/h3-4,6,8,11-12,22H,1-2,5,7H2,(H,19,20). The number of hydrogen-bond donors (Lipinski definition) is 2. The van der Waals surface area contributed by atoms with Crippen LogP contribution in [0.4, 0.5) is 13.2 Å². The van der Waals surface area contributed by atoms with Gasteiger partial charge >= 0.3 is 6.18 Å². The van der Waals surface area contributed by atoms with E-state index in [1.165, 1.54) is 0 Å². The summed E-state index contributed by atoms with van der Waals surface area (Å²) in [6, 6.07) is 3.78. The van der Waals surface area contributed by atoms with Crippen LogP contribution in [0, 0.1) is 0 Å². The molecular formula is C15H16F3N3O2. The molecule has 1 saturated heterocycles. The lowest BCUT2D eigenvalue weighted by molar-refractivity contribution is -0.221. The molecule has 2 aromatic rings. The molecule has 5 nitrogen and oxygen atoms in total. The number of halogens is 3. The molecule has 3 heterocycles.